The molecule has 4 atom stereocenters. The Morgan fingerprint density at radius 2 is 1.00 bits per heavy atom. The van der Waals surface area contributed by atoms with Crippen LogP contribution in [0.2, 0.25) is 0 Å². The molecule has 0 saturated heterocycles. The van der Waals surface area contributed by atoms with Crippen LogP contribution in [0.15, 0.2) is 0 Å². The summed E-state index contributed by atoms with van der Waals surface area (Å²) < 4.78 is 25.4. The monoisotopic (exact) mass is 392 g/mol. The predicted molar refractivity (Wildman–Crippen MR) is 86.6 cm³/mol. The van der Waals surface area contributed by atoms with E-state index in [0.29, 0.717) is 0 Å². The summed E-state index contributed by atoms with van der Waals surface area (Å²) >= 11 is 0. The van der Waals surface area contributed by atoms with E-state index in [1.54, 1.807) is 0 Å². The third kappa shape index (κ3) is 10.1. The van der Waals surface area contributed by atoms with Crippen molar-refractivity contribution in [2.24, 2.45) is 0 Å². The molecule has 0 aromatic rings. The Kier molecular flexibility index (Phi) is 10.7. The van der Waals surface area contributed by atoms with Gasteiger partial charge in [0.15, 0.2) is 24.4 Å². The summed E-state index contributed by atoms with van der Waals surface area (Å²) in [5, 5.41) is 0. The highest BCUT2D eigenvalue weighted by atomic mass is 16.6. The molecule has 0 aromatic carbocycles. The average molecular weight is 392 g/mol. The van der Waals surface area contributed by atoms with Crippen molar-refractivity contribution in [1.29, 1.82) is 0 Å². The van der Waals surface area contributed by atoms with Gasteiger partial charge in [-0.2, -0.15) is 0 Å². The Labute approximate surface area is 156 Å². The first kappa shape index (κ1) is 24.3. The lowest BCUT2D eigenvalue weighted by molar-refractivity contribution is -0.390. The van der Waals surface area contributed by atoms with Gasteiger partial charge in [-0.05, 0) is 0 Å². The van der Waals surface area contributed by atoms with Crippen molar-refractivity contribution in [2.75, 3.05) is 13.2 Å². The van der Waals surface area contributed by atoms with E-state index in [4.69, 9.17) is 23.7 Å². The minimum atomic E-state index is -1.42. The molecule has 0 aliphatic rings. The van der Waals surface area contributed by atoms with Gasteiger partial charge in [0.1, 0.15) is 13.2 Å². The zero-order chi connectivity index (χ0) is 21.1. The van der Waals surface area contributed by atoms with E-state index in [1.165, 1.54) is 0 Å². The van der Waals surface area contributed by atoms with Gasteiger partial charge in [0, 0.05) is 34.6 Å². The van der Waals surface area contributed by atoms with Gasteiger partial charge in [0.25, 0.3) is 0 Å². The second-order valence-corrected chi connectivity index (χ2v) is 5.54. The summed E-state index contributed by atoms with van der Waals surface area (Å²) in [5.41, 5.74) is 3.62. The highest BCUT2D eigenvalue weighted by Crippen LogP contribution is 2.19. The smallest absolute Gasteiger partial charge is 0.303 e. The number of carbonyl (C=O) groups is 5. The number of rotatable bonds is 10. The maximum Gasteiger partial charge on any atom is 0.303 e. The van der Waals surface area contributed by atoms with E-state index in [1.807, 2.05) is 0 Å². The molecule has 27 heavy (non-hydrogen) atoms. The maximum absolute atomic E-state index is 11.6. The molecule has 0 amide bonds. The summed E-state index contributed by atoms with van der Waals surface area (Å²) in [6, 6.07) is 0. The lowest BCUT2D eigenvalue weighted by Crippen LogP contribution is -2.63. The van der Waals surface area contributed by atoms with Crippen molar-refractivity contribution < 1.29 is 53.4 Å². The zero-order valence-corrected chi connectivity index (χ0v) is 16.0. The van der Waals surface area contributed by atoms with Crippen LogP contribution in [0, 0.1) is 0 Å². The highest BCUT2D eigenvalue weighted by Gasteiger charge is 2.44. The molecule has 3 N–H and O–H groups in total. The number of hydrogen-bond acceptors (Lipinski definition) is 10. The molecule has 0 aromatic heterocycles. The fourth-order valence-electron chi connectivity index (χ4n) is 2.20. The number of hydrogen-bond donors (Lipinski definition) is 1. The first-order chi connectivity index (χ1) is 12.5. The van der Waals surface area contributed by atoms with Crippen LogP contribution in [0.1, 0.15) is 34.6 Å². The molecule has 0 bridgehead atoms. The molecule has 0 fully saturated rings. The standard InChI is InChI=1S/C16H25NO10/c1-8(18)23-7-14(25-10(3)20)16(27-12(5)22)15(26-11(4)21)13(6-17)24-9(2)19/h13-16H,6-7,17H2,1-5H3/p+1/t13-,14+,15+,16+/m0/s1. The molecule has 0 radical (unpaired) electrons. The number of quaternary nitrogens is 1. The Hall–Kier alpha value is -2.69. The second kappa shape index (κ2) is 11.8. The van der Waals surface area contributed by atoms with Gasteiger partial charge in [0.05, 0.1) is 0 Å². The normalized spacial score (nSPS) is 14.7. The molecule has 0 rings (SSSR count). The van der Waals surface area contributed by atoms with Gasteiger partial charge in [-0.15, -0.1) is 0 Å². The second-order valence-electron chi connectivity index (χ2n) is 5.54. The van der Waals surface area contributed by atoms with E-state index in [0.717, 1.165) is 34.6 Å². The lowest BCUT2D eigenvalue weighted by Gasteiger charge is -2.34. The summed E-state index contributed by atoms with van der Waals surface area (Å²) in [6.07, 6.45) is -5.19. The van der Waals surface area contributed by atoms with E-state index in [-0.39, 0.29) is 6.54 Å². The minimum Gasteiger partial charge on any atom is -0.462 e. The molecule has 0 unspecified atom stereocenters. The zero-order valence-electron chi connectivity index (χ0n) is 16.0. The Morgan fingerprint density at radius 3 is 1.33 bits per heavy atom. The van der Waals surface area contributed by atoms with Gasteiger partial charge in [-0.1, -0.05) is 0 Å². The largest absolute Gasteiger partial charge is 0.462 e. The van der Waals surface area contributed by atoms with Crippen LogP contribution in [0.3, 0.4) is 0 Å². The Morgan fingerprint density at radius 1 is 0.630 bits per heavy atom. The van der Waals surface area contributed by atoms with E-state index < -0.39 is 60.9 Å². The van der Waals surface area contributed by atoms with Crippen LogP contribution in [0.25, 0.3) is 0 Å². The first-order valence-corrected chi connectivity index (χ1v) is 8.09. The van der Waals surface area contributed by atoms with Crippen LogP contribution >= 0.6 is 0 Å². The van der Waals surface area contributed by atoms with Gasteiger partial charge in [0.2, 0.25) is 0 Å². The first-order valence-electron chi connectivity index (χ1n) is 8.09. The number of ether oxygens (including phenoxy) is 5. The molecule has 0 spiro atoms. The van der Waals surface area contributed by atoms with Gasteiger partial charge >= 0.3 is 29.8 Å². The molecule has 0 aliphatic carbocycles. The van der Waals surface area contributed by atoms with Crippen molar-refractivity contribution in [3.8, 4) is 0 Å². The summed E-state index contributed by atoms with van der Waals surface area (Å²) in [4.78, 5) is 57.0. The van der Waals surface area contributed by atoms with E-state index in [9.17, 15) is 24.0 Å². The fourth-order valence-corrected chi connectivity index (χ4v) is 2.20. The van der Waals surface area contributed by atoms with Crippen LogP contribution < -0.4 is 5.73 Å². The predicted octanol–water partition coefficient (Wildman–Crippen LogP) is -1.48. The van der Waals surface area contributed by atoms with Crippen molar-refractivity contribution in [1.82, 2.24) is 0 Å². The quantitative estimate of drug-likeness (QED) is 0.343. The molecule has 0 heterocycles. The van der Waals surface area contributed by atoms with Gasteiger partial charge < -0.3 is 29.4 Å². The summed E-state index contributed by atoms with van der Waals surface area (Å²) in [6.45, 7) is 5.02. The Balaban J connectivity index is 5.96. The molecular weight excluding hydrogens is 366 g/mol. The third-order valence-corrected chi connectivity index (χ3v) is 3.03. The molecule has 154 valence electrons. The summed E-state index contributed by atoms with van der Waals surface area (Å²) in [7, 11) is 0. The Bertz CT molecular complexity index is 561. The van der Waals surface area contributed by atoms with Crippen LogP contribution in [-0.2, 0) is 47.7 Å². The van der Waals surface area contributed by atoms with Crippen LogP contribution in [0.4, 0.5) is 0 Å². The molecular formula is C16H26NO10+. The maximum atomic E-state index is 11.6. The average Bonchev–Trinajstić information content (AvgIpc) is 2.51. The van der Waals surface area contributed by atoms with Crippen molar-refractivity contribution in [2.45, 2.75) is 59.0 Å². The fraction of sp³-hybridized carbons (Fsp3) is 0.688. The van der Waals surface area contributed by atoms with Crippen molar-refractivity contribution in [3.05, 3.63) is 0 Å². The van der Waals surface area contributed by atoms with E-state index in [2.05, 4.69) is 5.73 Å². The van der Waals surface area contributed by atoms with Crippen LogP contribution in [-0.4, -0.2) is 67.4 Å². The molecule has 11 heteroatoms. The molecule has 0 aliphatic heterocycles. The number of esters is 5. The third-order valence-electron chi connectivity index (χ3n) is 3.03. The topological polar surface area (TPSA) is 159 Å². The van der Waals surface area contributed by atoms with Gasteiger partial charge in [-0.25, -0.2) is 0 Å². The van der Waals surface area contributed by atoms with Crippen molar-refractivity contribution >= 4 is 29.8 Å². The summed E-state index contributed by atoms with van der Waals surface area (Å²) in [5.74, 6) is -3.68. The SMILES string of the molecule is CC(=O)OC[C@@H](OC(C)=O)[C@@H](OC(C)=O)[C@H](OC(C)=O)[C@H](C[NH3+])OC(C)=O. The molecule has 0 saturated carbocycles. The van der Waals surface area contributed by atoms with Crippen molar-refractivity contribution in [3.63, 3.8) is 0 Å². The van der Waals surface area contributed by atoms with Crippen LogP contribution in [0.5, 0.6) is 0 Å². The van der Waals surface area contributed by atoms with E-state index >= 15 is 0 Å². The molecule has 11 nitrogen and oxygen atoms in total. The lowest BCUT2D eigenvalue weighted by atomic mass is 10.0. The minimum absolute atomic E-state index is 0.0460. The van der Waals surface area contributed by atoms with Gasteiger partial charge in [-0.3, -0.25) is 24.0 Å². The number of carbonyl (C=O) groups excluding carboxylic acids is 5. The highest BCUT2D eigenvalue weighted by molar-refractivity contribution is 5.69.